The summed E-state index contributed by atoms with van der Waals surface area (Å²) in [4.78, 5) is 23.8. The summed E-state index contributed by atoms with van der Waals surface area (Å²) in [5, 5.41) is 2.99. The quantitative estimate of drug-likeness (QED) is 0.763. The van der Waals surface area contributed by atoms with Crippen molar-refractivity contribution in [1.82, 2.24) is 0 Å². The lowest BCUT2D eigenvalue weighted by Crippen LogP contribution is -2.45. The summed E-state index contributed by atoms with van der Waals surface area (Å²) >= 11 is 6.01. The summed E-state index contributed by atoms with van der Waals surface area (Å²) in [6.07, 6.45) is 1.03. The van der Waals surface area contributed by atoms with E-state index in [2.05, 4.69) is 5.32 Å². The molecule has 0 aliphatic carbocycles. The maximum Gasteiger partial charge on any atom is 0.248 e. The maximum atomic E-state index is 12.6. The van der Waals surface area contributed by atoms with Crippen LogP contribution in [0, 0.1) is 6.92 Å². The second kappa shape index (κ2) is 7.98. The van der Waals surface area contributed by atoms with E-state index in [-0.39, 0.29) is 0 Å². The van der Waals surface area contributed by atoms with Gasteiger partial charge in [-0.1, -0.05) is 17.7 Å². The molecular weight excluding hydrogens is 390 g/mol. The molecule has 0 heterocycles. The molecule has 0 aromatic heterocycles. The Kier molecular flexibility index (Phi) is 6.12. The van der Waals surface area contributed by atoms with Crippen molar-refractivity contribution in [1.29, 1.82) is 0 Å². The zero-order valence-electron chi connectivity index (χ0n) is 15.1. The van der Waals surface area contributed by atoms with Gasteiger partial charge in [-0.15, -0.1) is 0 Å². The van der Waals surface area contributed by atoms with Crippen LogP contribution in [-0.4, -0.2) is 32.5 Å². The molecule has 2 aromatic carbocycles. The van der Waals surface area contributed by atoms with Gasteiger partial charge in [0.25, 0.3) is 0 Å². The third-order valence-corrected chi connectivity index (χ3v) is 5.40. The van der Waals surface area contributed by atoms with Crippen LogP contribution in [0.3, 0.4) is 0 Å². The van der Waals surface area contributed by atoms with Gasteiger partial charge in [-0.25, -0.2) is 8.42 Å². The first-order chi connectivity index (χ1) is 12.5. The number of aryl methyl sites for hydroxylation is 1. The Balaban J connectivity index is 2.32. The number of sulfonamides is 1. The van der Waals surface area contributed by atoms with E-state index in [0.717, 1.165) is 10.6 Å². The Hall–Kier alpha value is -2.58. The number of anilines is 2. The molecule has 27 heavy (non-hydrogen) atoms. The third kappa shape index (κ3) is 4.99. The highest BCUT2D eigenvalue weighted by molar-refractivity contribution is 7.92. The minimum atomic E-state index is -3.76. The van der Waals surface area contributed by atoms with Crippen molar-refractivity contribution in [3.63, 3.8) is 0 Å². The van der Waals surface area contributed by atoms with E-state index in [1.807, 2.05) is 0 Å². The molecule has 144 valence electrons. The number of halogens is 1. The average molecular weight is 410 g/mol. The molecule has 2 rings (SSSR count). The third-order valence-electron chi connectivity index (χ3n) is 3.93. The summed E-state index contributed by atoms with van der Waals surface area (Å²) < 4.78 is 25.8. The largest absolute Gasteiger partial charge is 0.366 e. The number of nitrogens with two attached hydrogens (primary N) is 1. The first-order valence-corrected chi connectivity index (χ1v) is 10.2. The van der Waals surface area contributed by atoms with Gasteiger partial charge in [-0.2, -0.15) is 0 Å². The molecule has 0 unspecified atom stereocenters. The Morgan fingerprint density at radius 3 is 2.26 bits per heavy atom. The monoisotopic (exact) mass is 409 g/mol. The molecule has 2 aromatic rings. The number of primary amides is 1. The van der Waals surface area contributed by atoms with Crippen LogP contribution >= 0.6 is 11.6 Å². The Bertz CT molecular complexity index is 975. The highest BCUT2D eigenvalue weighted by atomic mass is 35.5. The number of nitrogens with one attached hydrogen (secondary N) is 1. The lowest BCUT2D eigenvalue weighted by molar-refractivity contribution is -0.116. The maximum absolute atomic E-state index is 12.6. The second-order valence-electron chi connectivity index (χ2n) is 6.10. The number of carbonyl (C=O) groups excluding carboxylic acids is 2. The Labute approximate surface area is 163 Å². The number of amides is 2. The molecule has 0 aliphatic rings. The minimum Gasteiger partial charge on any atom is -0.366 e. The summed E-state index contributed by atoms with van der Waals surface area (Å²) in [6, 6.07) is 9.77. The van der Waals surface area contributed by atoms with Gasteiger partial charge in [0, 0.05) is 16.3 Å². The fourth-order valence-corrected chi connectivity index (χ4v) is 3.96. The van der Waals surface area contributed by atoms with Crippen LogP contribution in [0.15, 0.2) is 42.5 Å². The van der Waals surface area contributed by atoms with Crippen molar-refractivity contribution in [2.24, 2.45) is 5.73 Å². The van der Waals surface area contributed by atoms with Crippen molar-refractivity contribution in [3.8, 4) is 0 Å². The minimum absolute atomic E-state index is 0.299. The van der Waals surface area contributed by atoms with Gasteiger partial charge in [0.15, 0.2) is 0 Å². The number of hydrogen-bond acceptors (Lipinski definition) is 4. The number of rotatable bonds is 6. The normalized spacial score (nSPS) is 12.3. The van der Waals surface area contributed by atoms with Crippen LogP contribution < -0.4 is 15.4 Å². The van der Waals surface area contributed by atoms with E-state index in [9.17, 15) is 18.0 Å². The molecule has 0 saturated heterocycles. The molecule has 0 spiro atoms. The molecule has 0 radical (unpaired) electrons. The summed E-state index contributed by atoms with van der Waals surface area (Å²) in [6.45, 7) is 3.21. The molecule has 0 bridgehead atoms. The molecular formula is C18H20ClN3O4S. The Morgan fingerprint density at radius 1 is 1.15 bits per heavy atom. The highest BCUT2D eigenvalue weighted by Gasteiger charge is 2.30. The van der Waals surface area contributed by atoms with Crippen molar-refractivity contribution in [3.05, 3.63) is 58.6 Å². The molecule has 0 fully saturated rings. The van der Waals surface area contributed by atoms with E-state index < -0.39 is 27.9 Å². The van der Waals surface area contributed by atoms with Crippen molar-refractivity contribution in [2.45, 2.75) is 19.9 Å². The van der Waals surface area contributed by atoms with E-state index in [1.165, 1.54) is 37.3 Å². The van der Waals surface area contributed by atoms with Gasteiger partial charge in [-0.05, 0) is 55.8 Å². The molecule has 0 saturated carbocycles. The average Bonchev–Trinajstić information content (AvgIpc) is 2.57. The smallest absolute Gasteiger partial charge is 0.248 e. The molecule has 9 heteroatoms. The van der Waals surface area contributed by atoms with Crippen LogP contribution in [0.5, 0.6) is 0 Å². The number of hydrogen-bond donors (Lipinski definition) is 2. The SMILES string of the molecule is Cc1ccc(Cl)cc1N([C@H](C)C(=O)Nc1ccc(C(N)=O)cc1)S(C)(=O)=O. The van der Waals surface area contributed by atoms with Gasteiger partial charge in [0.05, 0.1) is 11.9 Å². The lowest BCUT2D eigenvalue weighted by Gasteiger charge is -2.29. The van der Waals surface area contributed by atoms with Crippen LogP contribution in [0.2, 0.25) is 5.02 Å². The predicted molar refractivity (Wildman–Crippen MR) is 107 cm³/mol. The fourth-order valence-electron chi connectivity index (χ4n) is 2.57. The van der Waals surface area contributed by atoms with E-state index in [0.29, 0.717) is 27.5 Å². The second-order valence-corrected chi connectivity index (χ2v) is 8.39. The zero-order chi connectivity index (χ0) is 20.4. The molecule has 1 atom stereocenters. The summed E-state index contributed by atoms with van der Waals surface area (Å²) in [5.74, 6) is -1.12. The van der Waals surface area contributed by atoms with Crippen LogP contribution in [0.4, 0.5) is 11.4 Å². The summed E-state index contributed by atoms with van der Waals surface area (Å²) in [7, 11) is -3.76. The highest BCUT2D eigenvalue weighted by Crippen LogP contribution is 2.28. The number of benzene rings is 2. The van der Waals surface area contributed by atoms with E-state index in [4.69, 9.17) is 17.3 Å². The van der Waals surface area contributed by atoms with E-state index >= 15 is 0 Å². The van der Waals surface area contributed by atoms with E-state index in [1.54, 1.807) is 19.1 Å². The van der Waals surface area contributed by atoms with Crippen LogP contribution in [0.25, 0.3) is 0 Å². The number of carbonyl (C=O) groups is 2. The van der Waals surface area contributed by atoms with Crippen LogP contribution in [-0.2, 0) is 14.8 Å². The molecule has 3 N–H and O–H groups in total. The first kappa shape index (κ1) is 20.7. The molecule has 2 amide bonds. The van der Waals surface area contributed by atoms with Gasteiger partial charge < -0.3 is 11.1 Å². The van der Waals surface area contributed by atoms with Crippen LogP contribution in [0.1, 0.15) is 22.8 Å². The summed E-state index contributed by atoms with van der Waals surface area (Å²) in [5.41, 5.74) is 6.88. The predicted octanol–water partition coefficient (Wildman–Crippen LogP) is 2.54. The van der Waals surface area contributed by atoms with Gasteiger partial charge in [-0.3, -0.25) is 13.9 Å². The van der Waals surface area contributed by atoms with Crippen molar-refractivity contribution < 1.29 is 18.0 Å². The van der Waals surface area contributed by atoms with Gasteiger partial charge in [0.1, 0.15) is 6.04 Å². The first-order valence-electron chi connectivity index (χ1n) is 7.97. The zero-order valence-corrected chi connectivity index (χ0v) is 16.6. The van der Waals surface area contributed by atoms with Gasteiger partial charge >= 0.3 is 0 Å². The standard InChI is InChI=1S/C18H20ClN3O4S/c1-11-4-7-14(19)10-16(11)22(27(3,25)26)12(2)18(24)21-15-8-5-13(6-9-15)17(20)23/h4-10,12H,1-3H3,(H2,20,23)(H,21,24)/t12-/m1/s1. The van der Waals surface area contributed by atoms with Gasteiger partial charge in [0.2, 0.25) is 21.8 Å². The molecule has 0 aliphatic heterocycles. The fraction of sp³-hybridized carbons (Fsp3) is 0.222. The lowest BCUT2D eigenvalue weighted by atomic mass is 10.1. The Morgan fingerprint density at radius 2 is 1.74 bits per heavy atom. The van der Waals surface area contributed by atoms with Crippen molar-refractivity contribution >= 4 is 44.8 Å². The topological polar surface area (TPSA) is 110 Å². The van der Waals surface area contributed by atoms with Crippen molar-refractivity contribution in [2.75, 3.05) is 15.9 Å². The molecule has 7 nitrogen and oxygen atoms in total. The number of nitrogens with zero attached hydrogens (tertiary/aromatic N) is 1.